The molecule has 2 N–H and O–H groups in total. The van der Waals surface area contributed by atoms with Crippen molar-refractivity contribution in [3.63, 3.8) is 0 Å². The molecular weight excluding hydrogens is 180 g/mol. The van der Waals surface area contributed by atoms with Gasteiger partial charge in [-0.25, -0.2) is 4.79 Å². The van der Waals surface area contributed by atoms with Gasteiger partial charge in [0, 0.05) is 6.04 Å². The Balaban J connectivity index is 2.28. The zero-order valence-corrected chi connectivity index (χ0v) is 8.64. The summed E-state index contributed by atoms with van der Waals surface area (Å²) in [6, 6.07) is 0.355. The van der Waals surface area contributed by atoms with Gasteiger partial charge in [-0.2, -0.15) is 0 Å². The largest absolute Gasteiger partial charge is 0.461 e. The fraction of sp³-hybridized carbons (Fsp3) is 0.700. The molecule has 4 nitrogen and oxygen atoms in total. The zero-order valence-electron chi connectivity index (χ0n) is 8.64. The Kier molecular flexibility index (Phi) is 4.46. The van der Waals surface area contributed by atoms with Crippen LogP contribution in [-0.4, -0.2) is 31.7 Å². The highest BCUT2D eigenvalue weighted by molar-refractivity contribution is 5.87. The van der Waals surface area contributed by atoms with Crippen LogP contribution in [0.3, 0.4) is 0 Å². The highest BCUT2D eigenvalue weighted by atomic mass is 16.5. The van der Waals surface area contributed by atoms with Gasteiger partial charge in [0.25, 0.3) is 0 Å². The summed E-state index contributed by atoms with van der Waals surface area (Å²) in [6.07, 6.45) is 2.05. The van der Waals surface area contributed by atoms with Crippen LogP contribution in [0.4, 0.5) is 0 Å². The fourth-order valence-electron chi connectivity index (χ4n) is 1.49. The summed E-state index contributed by atoms with van der Waals surface area (Å²) < 4.78 is 4.83. The van der Waals surface area contributed by atoms with E-state index in [0.717, 1.165) is 25.9 Å². The van der Waals surface area contributed by atoms with Crippen LogP contribution in [0.5, 0.6) is 0 Å². The lowest BCUT2D eigenvalue weighted by atomic mass is 10.1. The van der Waals surface area contributed by atoms with Gasteiger partial charge >= 0.3 is 5.97 Å². The summed E-state index contributed by atoms with van der Waals surface area (Å²) in [4.78, 5) is 11.2. The molecule has 1 fully saturated rings. The summed E-state index contributed by atoms with van der Waals surface area (Å²) in [5, 5.41) is 6.35. The molecule has 1 saturated heterocycles. The van der Waals surface area contributed by atoms with Crippen molar-refractivity contribution in [3.05, 3.63) is 12.3 Å². The summed E-state index contributed by atoms with van der Waals surface area (Å²) in [7, 11) is 0. The van der Waals surface area contributed by atoms with Crippen molar-refractivity contribution >= 4 is 5.97 Å². The second-order valence-corrected chi connectivity index (χ2v) is 3.37. The number of hydrogen-bond acceptors (Lipinski definition) is 4. The Labute approximate surface area is 84.7 Å². The van der Waals surface area contributed by atoms with E-state index in [0.29, 0.717) is 18.3 Å². The predicted octanol–water partition coefficient (Wildman–Crippen LogP) is 0.405. The highest BCUT2D eigenvalue weighted by Gasteiger charge is 2.16. The molecule has 80 valence electrons. The number of ether oxygens (including phenoxy) is 1. The van der Waals surface area contributed by atoms with Crippen molar-refractivity contribution in [2.75, 3.05) is 19.7 Å². The molecule has 1 aliphatic rings. The number of carbonyl (C=O) groups excluding carboxylic acids is 1. The van der Waals surface area contributed by atoms with Crippen LogP contribution < -0.4 is 10.6 Å². The van der Waals surface area contributed by atoms with Gasteiger partial charge in [-0.1, -0.05) is 6.58 Å². The van der Waals surface area contributed by atoms with E-state index in [2.05, 4.69) is 17.2 Å². The van der Waals surface area contributed by atoms with Crippen LogP contribution in [0, 0.1) is 0 Å². The Morgan fingerprint density at radius 2 is 2.21 bits per heavy atom. The van der Waals surface area contributed by atoms with E-state index in [9.17, 15) is 4.79 Å². The molecule has 0 unspecified atom stereocenters. The number of carbonyl (C=O) groups is 1. The van der Waals surface area contributed by atoms with Crippen LogP contribution in [-0.2, 0) is 9.53 Å². The smallest absolute Gasteiger partial charge is 0.353 e. The Morgan fingerprint density at radius 3 is 2.79 bits per heavy atom. The van der Waals surface area contributed by atoms with Gasteiger partial charge < -0.3 is 15.4 Å². The second kappa shape index (κ2) is 5.65. The van der Waals surface area contributed by atoms with Crippen molar-refractivity contribution in [2.45, 2.75) is 25.8 Å². The second-order valence-electron chi connectivity index (χ2n) is 3.37. The summed E-state index contributed by atoms with van der Waals surface area (Å²) in [6.45, 7) is 7.83. The maximum absolute atomic E-state index is 11.2. The van der Waals surface area contributed by atoms with Gasteiger partial charge in [0.05, 0.1) is 6.61 Å². The van der Waals surface area contributed by atoms with E-state index in [1.165, 1.54) is 0 Å². The lowest BCUT2D eigenvalue weighted by Crippen LogP contribution is -2.40. The molecule has 0 aliphatic carbocycles. The summed E-state index contributed by atoms with van der Waals surface area (Å²) >= 11 is 0. The van der Waals surface area contributed by atoms with E-state index < -0.39 is 0 Å². The number of piperidine rings is 1. The number of nitrogens with one attached hydrogen (secondary N) is 2. The highest BCUT2D eigenvalue weighted by Crippen LogP contribution is 2.04. The van der Waals surface area contributed by atoms with Crippen LogP contribution >= 0.6 is 0 Å². The van der Waals surface area contributed by atoms with Gasteiger partial charge in [0.2, 0.25) is 0 Å². The lowest BCUT2D eigenvalue weighted by molar-refractivity contribution is -0.139. The third kappa shape index (κ3) is 3.38. The monoisotopic (exact) mass is 198 g/mol. The van der Waals surface area contributed by atoms with Gasteiger partial charge in [-0.15, -0.1) is 0 Å². The maximum atomic E-state index is 11.2. The molecule has 0 aromatic rings. The third-order valence-electron chi connectivity index (χ3n) is 2.24. The van der Waals surface area contributed by atoms with Gasteiger partial charge in [-0.3, -0.25) is 0 Å². The number of rotatable bonds is 4. The van der Waals surface area contributed by atoms with Crippen LogP contribution in [0.2, 0.25) is 0 Å². The van der Waals surface area contributed by atoms with Crippen molar-refractivity contribution in [1.82, 2.24) is 10.6 Å². The van der Waals surface area contributed by atoms with Gasteiger partial charge in [0.1, 0.15) is 5.70 Å². The summed E-state index contributed by atoms with van der Waals surface area (Å²) in [5.74, 6) is -0.342. The van der Waals surface area contributed by atoms with Crippen LogP contribution in [0.15, 0.2) is 12.3 Å². The molecule has 1 heterocycles. The molecule has 0 saturated carbocycles. The van der Waals surface area contributed by atoms with E-state index in [-0.39, 0.29) is 5.97 Å². The molecule has 0 aromatic heterocycles. The SMILES string of the molecule is C=C(NC1CCNCC1)C(=O)OCC. The fourth-order valence-corrected chi connectivity index (χ4v) is 1.49. The van der Waals surface area contributed by atoms with Gasteiger partial charge in [-0.05, 0) is 32.9 Å². The zero-order chi connectivity index (χ0) is 10.4. The lowest BCUT2D eigenvalue weighted by Gasteiger charge is -2.24. The molecule has 0 amide bonds. The Morgan fingerprint density at radius 1 is 1.57 bits per heavy atom. The average Bonchev–Trinajstić information content (AvgIpc) is 2.19. The number of hydrogen-bond donors (Lipinski definition) is 2. The molecule has 0 atom stereocenters. The molecule has 14 heavy (non-hydrogen) atoms. The van der Waals surface area contributed by atoms with E-state index in [4.69, 9.17) is 4.74 Å². The Hall–Kier alpha value is -1.03. The minimum Gasteiger partial charge on any atom is -0.461 e. The van der Waals surface area contributed by atoms with Crippen molar-refractivity contribution in [2.24, 2.45) is 0 Å². The third-order valence-corrected chi connectivity index (χ3v) is 2.24. The topological polar surface area (TPSA) is 50.4 Å². The molecule has 1 rings (SSSR count). The predicted molar refractivity (Wildman–Crippen MR) is 54.8 cm³/mol. The minimum absolute atomic E-state index is 0.342. The Bertz CT molecular complexity index is 210. The standard InChI is InChI=1S/C10H18N2O2/c1-3-14-10(13)8(2)12-9-4-6-11-7-5-9/h9,11-12H,2-7H2,1H3. The maximum Gasteiger partial charge on any atom is 0.353 e. The van der Waals surface area contributed by atoms with Crippen molar-refractivity contribution < 1.29 is 9.53 Å². The molecule has 0 spiro atoms. The quantitative estimate of drug-likeness (QED) is 0.507. The van der Waals surface area contributed by atoms with Gasteiger partial charge in [0.15, 0.2) is 0 Å². The van der Waals surface area contributed by atoms with Crippen LogP contribution in [0.25, 0.3) is 0 Å². The van der Waals surface area contributed by atoms with Crippen LogP contribution in [0.1, 0.15) is 19.8 Å². The molecule has 4 heteroatoms. The first kappa shape index (κ1) is 11.0. The number of esters is 1. The first-order valence-electron chi connectivity index (χ1n) is 5.07. The normalized spacial score (nSPS) is 17.5. The molecule has 0 radical (unpaired) electrons. The van der Waals surface area contributed by atoms with E-state index >= 15 is 0 Å². The molecule has 1 aliphatic heterocycles. The molecular formula is C10H18N2O2. The first-order chi connectivity index (χ1) is 6.74. The van der Waals surface area contributed by atoms with E-state index in [1.54, 1.807) is 6.92 Å². The van der Waals surface area contributed by atoms with Crippen molar-refractivity contribution in [3.8, 4) is 0 Å². The molecule has 0 aromatic carbocycles. The average molecular weight is 198 g/mol. The summed E-state index contributed by atoms with van der Waals surface area (Å²) in [5.41, 5.74) is 0.374. The van der Waals surface area contributed by atoms with Crippen molar-refractivity contribution in [1.29, 1.82) is 0 Å². The minimum atomic E-state index is -0.342. The van der Waals surface area contributed by atoms with E-state index in [1.807, 2.05) is 0 Å². The molecule has 0 bridgehead atoms. The first-order valence-corrected chi connectivity index (χ1v) is 5.07.